The lowest BCUT2D eigenvalue weighted by atomic mass is 9.95. The fraction of sp³-hybridized carbons (Fsp3) is 0.458. The lowest BCUT2D eigenvalue weighted by Crippen LogP contribution is -2.36. The summed E-state index contributed by atoms with van der Waals surface area (Å²) in [4.78, 5) is 33.9. The van der Waals surface area contributed by atoms with Crippen molar-refractivity contribution in [1.82, 2.24) is 9.88 Å². The van der Waals surface area contributed by atoms with E-state index in [0.29, 0.717) is 11.6 Å². The van der Waals surface area contributed by atoms with E-state index in [2.05, 4.69) is 15.2 Å². The second-order valence-electron chi connectivity index (χ2n) is 8.21. The summed E-state index contributed by atoms with van der Waals surface area (Å²) in [6, 6.07) is 13.7. The summed E-state index contributed by atoms with van der Waals surface area (Å²) >= 11 is 0. The molecule has 4 rings (SSSR count). The number of carbonyl (C=O) groups excluding carboxylic acids is 2. The van der Waals surface area contributed by atoms with Gasteiger partial charge in [-0.1, -0.05) is 37.3 Å². The maximum Gasteiger partial charge on any atom is 0.231 e. The van der Waals surface area contributed by atoms with Gasteiger partial charge in [0.05, 0.1) is 17.8 Å². The minimum atomic E-state index is -0.175. The van der Waals surface area contributed by atoms with Crippen LogP contribution in [0.5, 0.6) is 0 Å². The van der Waals surface area contributed by atoms with E-state index >= 15 is 0 Å². The summed E-state index contributed by atoms with van der Waals surface area (Å²) in [5.41, 5.74) is 1.73. The highest BCUT2D eigenvalue weighted by Crippen LogP contribution is 2.31. The number of pyridine rings is 1. The van der Waals surface area contributed by atoms with Crippen LogP contribution in [0.1, 0.15) is 44.1 Å². The first-order valence-corrected chi connectivity index (χ1v) is 11.0. The van der Waals surface area contributed by atoms with Gasteiger partial charge in [-0.3, -0.25) is 9.59 Å². The van der Waals surface area contributed by atoms with E-state index in [1.165, 1.54) is 0 Å². The first-order chi connectivity index (χ1) is 14.7. The number of benzene rings is 1. The molecule has 1 aromatic carbocycles. The predicted octanol–water partition coefficient (Wildman–Crippen LogP) is 3.66. The third kappa shape index (κ3) is 4.81. The van der Waals surface area contributed by atoms with Crippen molar-refractivity contribution in [2.24, 2.45) is 5.92 Å². The van der Waals surface area contributed by atoms with Gasteiger partial charge in [0.25, 0.3) is 0 Å². The molecule has 1 saturated heterocycles. The van der Waals surface area contributed by atoms with Crippen LogP contribution in [0.2, 0.25) is 0 Å². The molecule has 158 valence electrons. The largest absolute Gasteiger partial charge is 0.355 e. The Kier molecular flexibility index (Phi) is 6.31. The highest BCUT2D eigenvalue weighted by atomic mass is 16.2. The number of nitrogens with zero attached hydrogens (tertiary/aromatic N) is 3. The van der Waals surface area contributed by atoms with Gasteiger partial charge in [-0.05, 0) is 43.4 Å². The zero-order valence-electron chi connectivity index (χ0n) is 17.6. The van der Waals surface area contributed by atoms with Crippen molar-refractivity contribution in [2.45, 2.75) is 38.5 Å². The van der Waals surface area contributed by atoms with Crippen molar-refractivity contribution in [3.8, 4) is 0 Å². The van der Waals surface area contributed by atoms with Crippen molar-refractivity contribution >= 4 is 23.3 Å². The summed E-state index contributed by atoms with van der Waals surface area (Å²) < 4.78 is 0. The van der Waals surface area contributed by atoms with Crippen molar-refractivity contribution < 1.29 is 9.59 Å². The topological polar surface area (TPSA) is 65.5 Å². The van der Waals surface area contributed by atoms with Crippen molar-refractivity contribution in [3.05, 3.63) is 54.2 Å². The molecule has 30 heavy (non-hydrogen) atoms. The molecule has 2 heterocycles. The van der Waals surface area contributed by atoms with Crippen LogP contribution in [0.4, 0.5) is 11.5 Å². The maximum absolute atomic E-state index is 12.7. The number of amides is 2. The molecular weight excluding hydrogens is 376 g/mol. The van der Waals surface area contributed by atoms with Gasteiger partial charge in [0.15, 0.2) is 0 Å². The Morgan fingerprint density at radius 2 is 1.87 bits per heavy atom. The maximum atomic E-state index is 12.7. The normalized spacial score (nSPS) is 17.9. The van der Waals surface area contributed by atoms with E-state index in [-0.39, 0.29) is 17.7 Å². The fourth-order valence-electron chi connectivity index (χ4n) is 4.09. The highest BCUT2D eigenvalue weighted by molar-refractivity contribution is 5.95. The molecule has 0 radical (unpaired) electrons. The molecule has 2 fully saturated rings. The molecule has 2 amide bonds. The SMILES string of the molecule is CC[C@@H](C(=O)Nc1ccc(N2CCCN(C(=O)C3CC3)CC2)nc1)c1ccccc1. The minimum Gasteiger partial charge on any atom is -0.355 e. The first-order valence-electron chi connectivity index (χ1n) is 11.0. The molecule has 2 aromatic rings. The molecule has 1 saturated carbocycles. The number of carbonyl (C=O) groups is 2. The summed E-state index contributed by atoms with van der Waals surface area (Å²) in [5.74, 6) is 1.31. The lowest BCUT2D eigenvalue weighted by molar-refractivity contribution is -0.132. The number of hydrogen-bond acceptors (Lipinski definition) is 4. The van der Waals surface area contributed by atoms with Crippen LogP contribution in [0.15, 0.2) is 48.7 Å². The molecule has 6 nitrogen and oxygen atoms in total. The highest BCUT2D eigenvalue weighted by Gasteiger charge is 2.34. The number of hydrogen-bond donors (Lipinski definition) is 1. The smallest absolute Gasteiger partial charge is 0.231 e. The number of rotatable bonds is 6. The lowest BCUT2D eigenvalue weighted by Gasteiger charge is -2.23. The van der Waals surface area contributed by atoms with E-state index < -0.39 is 0 Å². The third-order valence-electron chi connectivity index (χ3n) is 6.00. The van der Waals surface area contributed by atoms with E-state index in [4.69, 9.17) is 0 Å². The Morgan fingerprint density at radius 3 is 2.53 bits per heavy atom. The van der Waals surface area contributed by atoms with Gasteiger partial charge in [0.1, 0.15) is 5.82 Å². The fourth-order valence-corrected chi connectivity index (χ4v) is 4.09. The minimum absolute atomic E-state index is 0.0118. The number of anilines is 2. The quantitative estimate of drug-likeness (QED) is 0.795. The van der Waals surface area contributed by atoms with E-state index in [0.717, 1.165) is 63.2 Å². The molecule has 1 N–H and O–H groups in total. The molecule has 1 aromatic heterocycles. The molecule has 6 heteroatoms. The zero-order valence-corrected chi connectivity index (χ0v) is 17.6. The second-order valence-corrected chi connectivity index (χ2v) is 8.21. The van der Waals surface area contributed by atoms with Crippen LogP contribution >= 0.6 is 0 Å². The van der Waals surface area contributed by atoms with Crippen LogP contribution in [0, 0.1) is 5.92 Å². The average molecular weight is 407 g/mol. The Bertz CT molecular complexity index is 865. The predicted molar refractivity (Wildman–Crippen MR) is 118 cm³/mol. The van der Waals surface area contributed by atoms with Crippen LogP contribution in [0.3, 0.4) is 0 Å². The van der Waals surface area contributed by atoms with Crippen LogP contribution in [0.25, 0.3) is 0 Å². The zero-order chi connectivity index (χ0) is 20.9. The Morgan fingerprint density at radius 1 is 1.07 bits per heavy atom. The molecule has 1 aliphatic heterocycles. The standard InChI is InChI=1S/C24H30N4O2/c1-2-21(18-7-4-3-5-8-18)23(29)26-20-11-12-22(25-17-20)27-13-6-14-28(16-15-27)24(30)19-9-10-19/h3-5,7-8,11-12,17,19,21H,2,6,9-10,13-16H2,1H3,(H,26,29)/t21-/m1/s1. The van der Waals surface area contributed by atoms with Gasteiger partial charge in [-0.15, -0.1) is 0 Å². The number of nitrogens with one attached hydrogen (secondary N) is 1. The average Bonchev–Trinajstić information content (AvgIpc) is 3.62. The van der Waals surface area contributed by atoms with Gasteiger partial charge in [0.2, 0.25) is 11.8 Å². The first kappa shape index (κ1) is 20.4. The molecule has 0 spiro atoms. The van der Waals surface area contributed by atoms with E-state index in [1.807, 2.05) is 54.3 Å². The summed E-state index contributed by atoms with van der Waals surface area (Å²) in [7, 11) is 0. The van der Waals surface area contributed by atoms with Gasteiger partial charge in [-0.25, -0.2) is 4.98 Å². The van der Waals surface area contributed by atoms with Crippen LogP contribution in [-0.2, 0) is 9.59 Å². The monoisotopic (exact) mass is 406 g/mol. The molecule has 2 aliphatic rings. The van der Waals surface area contributed by atoms with Gasteiger partial charge < -0.3 is 15.1 Å². The molecule has 0 bridgehead atoms. The van der Waals surface area contributed by atoms with Gasteiger partial charge >= 0.3 is 0 Å². The summed E-state index contributed by atoms with van der Waals surface area (Å²) in [6.45, 7) is 5.29. The molecular formula is C24H30N4O2. The van der Waals surface area contributed by atoms with Crippen LogP contribution in [-0.4, -0.2) is 47.9 Å². The molecule has 0 unspecified atom stereocenters. The van der Waals surface area contributed by atoms with Crippen molar-refractivity contribution in [1.29, 1.82) is 0 Å². The van der Waals surface area contributed by atoms with E-state index in [9.17, 15) is 9.59 Å². The summed E-state index contributed by atoms with van der Waals surface area (Å²) in [6.07, 6.45) is 5.52. The van der Waals surface area contributed by atoms with Crippen LogP contribution < -0.4 is 10.2 Å². The molecule has 1 aliphatic carbocycles. The van der Waals surface area contributed by atoms with Crippen molar-refractivity contribution in [2.75, 3.05) is 36.4 Å². The third-order valence-corrected chi connectivity index (χ3v) is 6.00. The Labute approximate surface area is 178 Å². The van der Waals surface area contributed by atoms with Gasteiger partial charge in [0, 0.05) is 32.1 Å². The van der Waals surface area contributed by atoms with E-state index in [1.54, 1.807) is 6.20 Å². The number of aromatic nitrogens is 1. The van der Waals surface area contributed by atoms with Gasteiger partial charge in [-0.2, -0.15) is 0 Å². The second kappa shape index (κ2) is 9.28. The van der Waals surface area contributed by atoms with Crippen molar-refractivity contribution in [3.63, 3.8) is 0 Å². The Hall–Kier alpha value is -2.89. The summed E-state index contributed by atoms with van der Waals surface area (Å²) in [5, 5.41) is 3.00. The Balaban J connectivity index is 1.35. The molecule has 1 atom stereocenters.